The number of nitrogens with one attached hydrogen (secondary N) is 1. The highest BCUT2D eigenvalue weighted by molar-refractivity contribution is 4.90. The van der Waals surface area contributed by atoms with Crippen molar-refractivity contribution in [2.75, 3.05) is 26.8 Å². The third kappa shape index (κ3) is 5.06. The average Bonchev–Trinajstić information content (AvgIpc) is 2.19. The molecule has 0 heterocycles. The molecule has 0 spiro atoms. The Labute approximate surface area is 81.4 Å². The molecule has 0 radical (unpaired) electrons. The first-order chi connectivity index (χ1) is 6.43. The summed E-state index contributed by atoms with van der Waals surface area (Å²) in [5.74, 6) is 0.868. The van der Waals surface area contributed by atoms with Crippen LogP contribution in [0.3, 0.4) is 0 Å². The van der Waals surface area contributed by atoms with Crippen LogP contribution in [0.4, 0.5) is 0 Å². The van der Waals surface area contributed by atoms with E-state index in [1.54, 1.807) is 7.11 Å². The minimum Gasteiger partial charge on any atom is -0.385 e. The SMILES string of the molecule is COCCCNC[C@H]1CC=CCC1. The molecule has 1 atom stereocenters. The molecule has 0 amide bonds. The lowest BCUT2D eigenvalue weighted by molar-refractivity contribution is 0.193. The van der Waals surface area contributed by atoms with Crippen molar-refractivity contribution in [2.45, 2.75) is 25.7 Å². The summed E-state index contributed by atoms with van der Waals surface area (Å²) in [7, 11) is 1.76. The van der Waals surface area contributed by atoms with Crippen LogP contribution in [0.15, 0.2) is 12.2 Å². The van der Waals surface area contributed by atoms with Crippen LogP contribution in [0.5, 0.6) is 0 Å². The summed E-state index contributed by atoms with van der Waals surface area (Å²) >= 11 is 0. The van der Waals surface area contributed by atoms with Crippen molar-refractivity contribution >= 4 is 0 Å². The van der Waals surface area contributed by atoms with Crippen molar-refractivity contribution in [1.29, 1.82) is 0 Å². The highest BCUT2D eigenvalue weighted by Gasteiger charge is 2.08. The molecule has 0 bridgehead atoms. The Morgan fingerprint density at radius 3 is 3.08 bits per heavy atom. The van der Waals surface area contributed by atoms with Gasteiger partial charge >= 0.3 is 0 Å². The molecular weight excluding hydrogens is 162 g/mol. The van der Waals surface area contributed by atoms with E-state index in [1.807, 2.05) is 0 Å². The molecule has 0 saturated heterocycles. The Hall–Kier alpha value is -0.340. The highest BCUT2D eigenvalue weighted by Crippen LogP contribution is 2.16. The van der Waals surface area contributed by atoms with Crippen LogP contribution in [0, 0.1) is 5.92 Å². The number of allylic oxidation sites excluding steroid dienone is 2. The molecular formula is C11H21NO. The largest absolute Gasteiger partial charge is 0.385 e. The predicted molar refractivity (Wildman–Crippen MR) is 55.8 cm³/mol. The van der Waals surface area contributed by atoms with E-state index in [0.29, 0.717) is 0 Å². The van der Waals surface area contributed by atoms with Gasteiger partial charge in [0.15, 0.2) is 0 Å². The molecule has 1 aliphatic carbocycles. The van der Waals surface area contributed by atoms with Crippen LogP contribution in [-0.2, 0) is 4.74 Å². The van der Waals surface area contributed by atoms with Gasteiger partial charge in [-0.15, -0.1) is 0 Å². The van der Waals surface area contributed by atoms with Gasteiger partial charge in [-0.05, 0) is 44.7 Å². The number of ether oxygens (including phenoxy) is 1. The monoisotopic (exact) mass is 183 g/mol. The zero-order valence-corrected chi connectivity index (χ0v) is 8.59. The summed E-state index contributed by atoms with van der Waals surface area (Å²) in [6.45, 7) is 3.14. The van der Waals surface area contributed by atoms with E-state index >= 15 is 0 Å². The molecule has 76 valence electrons. The second kappa shape index (κ2) is 7.10. The van der Waals surface area contributed by atoms with Gasteiger partial charge in [-0.3, -0.25) is 0 Å². The van der Waals surface area contributed by atoms with E-state index in [2.05, 4.69) is 17.5 Å². The Balaban J connectivity index is 1.90. The molecule has 0 unspecified atom stereocenters. The molecule has 0 aromatic rings. The van der Waals surface area contributed by atoms with E-state index in [9.17, 15) is 0 Å². The second-order valence-electron chi connectivity index (χ2n) is 3.70. The number of rotatable bonds is 6. The summed E-state index contributed by atoms with van der Waals surface area (Å²) < 4.78 is 4.98. The van der Waals surface area contributed by atoms with Crippen molar-refractivity contribution in [2.24, 2.45) is 5.92 Å². The van der Waals surface area contributed by atoms with Crippen molar-refractivity contribution in [3.05, 3.63) is 12.2 Å². The van der Waals surface area contributed by atoms with Gasteiger partial charge in [0.25, 0.3) is 0 Å². The van der Waals surface area contributed by atoms with Crippen LogP contribution in [0.25, 0.3) is 0 Å². The minimum atomic E-state index is 0.868. The summed E-state index contributed by atoms with van der Waals surface area (Å²) in [4.78, 5) is 0. The number of hydrogen-bond acceptors (Lipinski definition) is 2. The zero-order valence-electron chi connectivity index (χ0n) is 8.59. The first kappa shape index (κ1) is 10.7. The smallest absolute Gasteiger partial charge is 0.0474 e. The fraction of sp³-hybridized carbons (Fsp3) is 0.818. The minimum absolute atomic E-state index is 0.868. The number of hydrogen-bond donors (Lipinski definition) is 1. The second-order valence-corrected chi connectivity index (χ2v) is 3.70. The van der Waals surface area contributed by atoms with Crippen LogP contribution in [0.2, 0.25) is 0 Å². The molecule has 0 fully saturated rings. The quantitative estimate of drug-likeness (QED) is 0.502. The Morgan fingerprint density at radius 1 is 1.46 bits per heavy atom. The molecule has 1 aliphatic rings. The molecule has 2 nitrogen and oxygen atoms in total. The van der Waals surface area contributed by atoms with Crippen molar-refractivity contribution in [3.63, 3.8) is 0 Å². The summed E-state index contributed by atoms with van der Waals surface area (Å²) in [6, 6.07) is 0. The van der Waals surface area contributed by atoms with Crippen molar-refractivity contribution in [3.8, 4) is 0 Å². The summed E-state index contributed by atoms with van der Waals surface area (Å²) in [5.41, 5.74) is 0. The van der Waals surface area contributed by atoms with Gasteiger partial charge in [0.1, 0.15) is 0 Å². The Kier molecular flexibility index (Phi) is 5.87. The van der Waals surface area contributed by atoms with E-state index in [-0.39, 0.29) is 0 Å². The average molecular weight is 183 g/mol. The summed E-state index contributed by atoms with van der Waals surface area (Å²) in [5, 5.41) is 3.48. The van der Waals surface area contributed by atoms with E-state index in [4.69, 9.17) is 4.74 Å². The van der Waals surface area contributed by atoms with Crippen molar-refractivity contribution < 1.29 is 4.74 Å². The van der Waals surface area contributed by atoms with Gasteiger partial charge in [0.2, 0.25) is 0 Å². The highest BCUT2D eigenvalue weighted by atomic mass is 16.5. The van der Waals surface area contributed by atoms with Crippen LogP contribution in [-0.4, -0.2) is 26.8 Å². The maximum absolute atomic E-state index is 4.98. The van der Waals surface area contributed by atoms with E-state index in [0.717, 1.165) is 25.5 Å². The normalized spacial score (nSPS) is 22.1. The van der Waals surface area contributed by atoms with Crippen LogP contribution in [0.1, 0.15) is 25.7 Å². The van der Waals surface area contributed by atoms with E-state index in [1.165, 1.54) is 25.8 Å². The molecule has 1 N–H and O–H groups in total. The molecule has 0 aliphatic heterocycles. The lowest BCUT2D eigenvalue weighted by Gasteiger charge is -2.17. The van der Waals surface area contributed by atoms with Gasteiger partial charge in [-0.2, -0.15) is 0 Å². The van der Waals surface area contributed by atoms with Gasteiger partial charge in [-0.1, -0.05) is 12.2 Å². The standard InChI is InChI=1S/C11H21NO/c1-13-9-5-8-12-10-11-6-3-2-4-7-11/h2-3,11-12H,4-10H2,1H3/t11-/m0/s1. The third-order valence-corrected chi connectivity index (χ3v) is 2.51. The lowest BCUT2D eigenvalue weighted by atomic mass is 9.94. The topological polar surface area (TPSA) is 21.3 Å². The molecule has 13 heavy (non-hydrogen) atoms. The Bertz CT molecular complexity index is 145. The molecule has 2 heteroatoms. The van der Waals surface area contributed by atoms with Crippen LogP contribution >= 0.6 is 0 Å². The van der Waals surface area contributed by atoms with Crippen LogP contribution < -0.4 is 5.32 Å². The maximum Gasteiger partial charge on any atom is 0.0474 e. The summed E-state index contributed by atoms with van der Waals surface area (Å²) in [6.07, 6.45) is 9.61. The van der Waals surface area contributed by atoms with Gasteiger partial charge < -0.3 is 10.1 Å². The number of methoxy groups -OCH3 is 1. The molecule has 0 aromatic carbocycles. The fourth-order valence-electron chi connectivity index (χ4n) is 1.69. The van der Waals surface area contributed by atoms with Crippen molar-refractivity contribution in [1.82, 2.24) is 5.32 Å². The first-order valence-corrected chi connectivity index (χ1v) is 5.28. The molecule has 0 aromatic heterocycles. The molecule has 0 saturated carbocycles. The fourth-order valence-corrected chi connectivity index (χ4v) is 1.69. The van der Waals surface area contributed by atoms with E-state index < -0.39 is 0 Å². The Morgan fingerprint density at radius 2 is 2.38 bits per heavy atom. The first-order valence-electron chi connectivity index (χ1n) is 5.28. The lowest BCUT2D eigenvalue weighted by Crippen LogP contribution is -2.25. The van der Waals surface area contributed by atoms with Gasteiger partial charge in [0.05, 0.1) is 0 Å². The predicted octanol–water partition coefficient (Wildman–Crippen LogP) is 1.97. The third-order valence-electron chi connectivity index (χ3n) is 2.51. The van der Waals surface area contributed by atoms with Gasteiger partial charge in [-0.25, -0.2) is 0 Å². The molecule has 1 rings (SSSR count). The maximum atomic E-state index is 4.98. The zero-order chi connectivity index (χ0) is 9.36. The van der Waals surface area contributed by atoms with Gasteiger partial charge in [0, 0.05) is 13.7 Å².